The van der Waals surface area contributed by atoms with Crippen molar-refractivity contribution in [1.82, 2.24) is 14.9 Å². The summed E-state index contributed by atoms with van der Waals surface area (Å²) in [5, 5.41) is 5.79. The molecule has 0 saturated heterocycles. The minimum Gasteiger partial charge on any atom is -0.324 e. The monoisotopic (exact) mass is 290 g/mol. The molecule has 0 aliphatic rings. The molecule has 2 rings (SSSR count). The van der Waals surface area contributed by atoms with E-state index in [4.69, 9.17) is 0 Å². The van der Waals surface area contributed by atoms with Crippen molar-refractivity contribution in [1.29, 1.82) is 0 Å². The van der Waals surface area contributed by atoms with Crippen LogP contribution in [0.2, 0.25) is 0 Å². The minimum atomic E-state index is -0.443. The maximum atomic E-state index is 13.5. The molecule has 1 aromatic carbocycles. The van der Waals surface area contributed by atoms with Crippen LogP contribution in [-0.2, 0) is 17.9 Å². The number of nitrogens with one attached hydrogen (secondary N) is 2. The van der Waals surface area contributed by atoms with Crippen molar-refractivity contribution in [2.75, 3.05) is 11.9 Å². The van der Waals surface area contributed by atoms with Crippen molar-refractivity contribution >= 4 is 11.6 Å². The Kier molecular flexibility index (Phi) is 5.45. The third kappa shape index (κ3) is 4.39. The molecule has 2 aromatic rings. The summed E-state index contributed by atoms with van der Waals surface area (Å²) in [5.41, 5.74) is 0.188. The average Bonchev–Trinajstić information content (AvgIpc) is 2.89. The average molecular weight is 290 g/mol. The number of benzene rings is 1. The number of anilines is 1. The minimum absolute atomic E-state index is 0.109. The molecule has 2 N–H and O–H groups in total. The second-order valence-corrected chi connectivity index (χ2v) is 4.68. The van der Waals surface area contributed by atoms with Crippen molar-refractivity contribution in [2.45, 2.75) is 26.4 Å². The molecule has 0 spiro atoms. The number of carbonyl (C=O) groups excluding carboxylic acids is 1. The van der Waals surface area contributed by atoms with Gasteiger partial charge in [0.25, 0.3) is 0 Å². The van der Waals surface area contributed by atoms with Gasteiger partial charge in [-0.15, -0.1) is 0 Å². The van der Waals surface area contributed by atoms with Crippen LogP contribution in [0, 0.1) is 5.82 Å². The first-order valence-electron chi connectivity index (χ1n) is 6.95. The van der Waals surface area contributed by atoms with Crippen LogP contribution in [0.3, 0.4) is 0 Å². The predicted molar refractivity (Wildman–Crippen MR) is 79.3 cm³/mol. The Morgan fingerprint density at radius 2 is 2.19 bits per heavy atom. The number of carbonyl (C=O) groups is 1. The van der Waals surface area contributed by atoms with Gasteiger partial charge in [0.05, 0.1) is 12.2 Å². The van der Waals surface area contributed by atoms with Crippen LogP contribution in [0.5, 0.6) is 0 Å². The van der Waals surface area contributed by atoms with Crippen molar-refractivity contribution in [3.05, 3.63) is 48.3 Å². The van der Waals surface area contributed by atoms with Gasteiger partial charge in [0, 0.05) is 12.4 Å². The van der Waals surface area contributed by atoms with Crippen molar-refractivity contribution in [3.63, 3.8) is 0 Å². The number of imidazole rings is 1. The van der Waals surface area contributed by atoms with E-state index in [1.807, 2.05) is 0 Å². The summed E-state index contributed by atoms with van der Waals surface area (Å²) in [4.78, 5) is 16.2. The quantitative estimate of drug-likeness (QED) is 0.768. The normalized spacial score (nSPS) is 10.6. The standard InChI is InChI=1S/C15H19FN4O/c1-2-7-17-10-14-18-8-9-20(14)11-15(21)19-13-6-4-3-5-12(13)16/h3-6,8-9,17H,2,7,10-11H2,1H3,(H,19,21). The highest BCUT2D eigenvalue weighted by Gasteiger charge is 2.09. The van der Waals surface area contributed by atoms with Crippen LogP contribution in [0.1, 0.15) is 19.2 Å². The van der Waals surface area contributed by atoms with Crippen LogP contribution in [0.25, 0.3) is 0 Å². The molecule has 1 amide bonds. The molecule has 0 aliphatic carbocycles. The van der Waals surface area contributed by atoms with Crippen LogP contribution >= 0.6 is 0 Å². The number of para-hydroxylation sites is 1. The van der Waals surface area contributed by atoms with E-state index in [2.05, 4.69) is 22.5 Å². The molecule has 0 radical (unpaired) electrons. The topological polar surface area (TPSA) is 59.0 Å². The van der Waals surface area contributed by atoms with E-state index in [9.17, 15) is 9.18 Å². The van der Waals surface area contributed by atoms with Crippen LogP contribution in [0.15, 0.2) is 36.7 Å². The van der Waals surface area contributed by atoms with Crippen LogP contribution in [-0.4, -0.2) is 22.0 Å². The Hall–Kier alpha value is -2.21. The second-order valence-electron chi connectivity index (χ2n) is 4.68. The molecule has 112 valence electrons. The maximum Gasteiger partial charge on any atom is 0.244 e. The van der Waals surface area contributed by atoms with Gasteiger partial charge in [-0.05, 0) is 25.1 Å². The lowest BCUT2D eigenvalue weighted by molar-refractivity contribution is -0.116. The highest BCUT2D eigenvalue weighted by atomic mass is 19.1. The Morgan fingerprint density at radius 3 is 2.95 bits per heavy atom. The molecule has 0 aliphatic heterocycles. The van der Waals surface area contributed by atoms with E-state index in [1.54, 1.807) is 29.1 Å². The van der Waals surface area contributed by atoms with Gasteiger partial charge in [0.15, 0.2) is 0 Å². The van der Waals surface area contributed by atoms with Crippen molar-refractivity contribution in [3.8, 4) is 0 Å². The summed E-state index contributed by atoms with van der Waals surface area (Å²) in [6.07, 6.45) is 4.43. The number of amides is 1. The Morgan fingerprint density at radius 1 is 1.38 bits per heavy atom. The third-order valence-electron chi connectivity index (χ3n) is 2.97. The molecule has 0 saturated carbocycles. The maximum absolute atomic E-state index is 13.5. The van der Waals surface area contributed by atoms with Gasteiger partial charge in [-0.25, -0.2) is 9.37 Å². The molecule has 6 heteroatoms. The van der Waals surface area contributed by atoms with E-state index in [0.29, 0.717) is 6.54 Å². The summed E-state index contributed by atoms with van der Waals surface area (Å²) in [6.45, 7) is 3.70. The highest BCUT2D eigenvalue weighted by molar-refractivity contribution is 5.90. The van der Waals surface area contributed by atoms with Gasteiger partial charge in [-0.1, -0.05) is 19.1 Å². The zero-order valence-corrected chi connectivity index (χ0v) is 12.0. The molecule has 1 aromatic heterocycles. The second kappa shape index (κ2) is 7.54. The highest BCUT2D eigenvalue weighted by Crippen LogP contribution is 2.12. The van der Waals surface area contributed by atoms with Gasteiger partial charge in [-0.2, -0.15) is 0 Å². The summed E-state index contributed by atoms with van der Waals surface area (Å²) >= 11 is 0. The zero-order valence-electron chi connectivity index (χ0n) is 12.0. The molecule has 0 fully saturated rings. The van der Waals surface area contributed by atoms with E-state index >= 15 is 0 Å². The number of aromatic nitrogens is 2. The molecule has 0 bridgehead atoms. The van der Waals surface area contributed by atoms with E-state index in [1.165, 1.54) is 12.1 Å². The van der Waals surface area contributed by atoms with E-state index < -0.39 is 5.82 Å². The van der Waals surface area contributed by atoms with Gasteiger partial charge in [-0.3, -0.25) is 4.79 Å². The van der Waals surface area contributed by atoms with Gasteiger partial charge < -0.3 is 15.2 Å². The van der Waals surface area contributed by atoms with Crippen molar-refractivity contribution < 1.29 is 9.18 Å². The lowest BCUT2D eigenvalue weighted by atomic mass is 10.3. The first-order valence-corrected chi connectivity index (χ1v) is 6.95. The summed E-state index contributed by atoms with van der Waals surface area (Å²) < 4.78 is 15.2. The Bertz CT molecular complexity index is 597. The lowest BCUT2D eigenvalue weighted by Gasteiger charge is -2.10. The number of rotatable bonds is 7. The molecule has 5 nitrogen and oxygen atoms in total. The van der Waals surface area contributed by atoms with Crippen LogP contribution in [0.4, 0.5) is 10.1 Å². The lowest BCUT2D eigenvalue weighted by Crippen LogP contribution is -2.23. The van der Waals surface area contributed by atoms with Crippen molar-refractivity contribution in [2.24, 2.45) is 0 Å². The molecular weight excluding hydrogens is 271 g/mol. The molecule has 21 heavy (non-hydrogen) atoms. The summed E-state index contributed by atoms with van der Waals surface area (Å²) in [5.74, 6) is 0.0586. The molecular formula is C15H19FN4O. The Labute approximate surface area is 123 Å². The van der Waals surface area contributed by atoms with E-state index in [0.717, 1.165) is 18.8 Å². The first-order chi connectivity index (χ1) is 10.2. The largest absolute Gasteiger partial charge is 0.324 e. The Balaban J connectivity index is 1.94. The molecule has 1 heterocycles. The number of hydrogen-bond donors (Lipinski definition) is 2. The van der Waals surface area contributed by atoms with Crippen LogP contribution < -0.4 is 10.6 Å². The summed E-state index contributed by atoms with van der Waals surface area (Å²) in [7, 11) is 0. The van der Waals surface area contributed by atoms with Gasteiger partial charge in [0.2, 0.25) is 5.91 Å². The fourth-order valence-electron chi connectivity index (χ4n) is 1.94. The molecule has 0 unspecified atom stereocenters. The van der Waals surface area contributed by atoms with Gasteiger partial charge >= 0.3 is 0 Å². The number of hydrogen-bond acceptors (Lipinski definition) is 3. The molecule has 0 atom stereocenters. The number of halogens is 1. The summed E-state index contributed by atoms with van der Waals surface area (Å²) in [6, 6.07) is 6.10. The van der Waals surface area contributed by atoms with Gasteiger partial charge in [0.1, 0.15) is 18.2 Å². The first kappa shape index (κ1) is 15.2. The smallest absolute Gasteiger partial charge is 0.244 e. The third-order valence-corrected chi connectivity index (χ3v) is 2.97. The predicted octanol–water partition coefficient (Wildman–Crippen LogP) is 2.16. The fourth-order valence-corrected chi connectivity index (χ4v) is 1.94. The van der Waals surface area contributed by atoms with E-state index in [-0.39, 0.29) is 18.1 Å². The number of nitrogens with zero attached hydrogens (tertiary/aromatic N) is 2. The zero-order chi connectivity index (χ0) is 15.1. The fraction of sp³-hybridized carbons (Fsp3) is 0.333. The SMILES string of the molecule is CCCNCc1nccn1CC(=O)Nc1ccccc1F.